The molecule has 7 heteroatoms. The van der Waals surface area contributed by atoms with E-state index in [9.17, 15) is 13.2 Å². The highest BCUT2D eigenvalue weighted by Gasteiger charge is 2.27. The summed E-state index contributed by atoms with van der Waals surface area (Å²) in [5.41, 5.74) is 5.43. The molecule has 0 aromatic rings. The maximum Gasteiger partial charge on any atom is 0.411 e. The lowest BCUT2D eigenvalue weighted by atomic mass is 10.4. The average Bonchev–Trinajstić information content (AvgIpc) is 2.10. The van der Waals surface area contributed by atoms with Crippen molar-refractivity contribution in [1.29, 1.82) is 0 Å². The summed E-state index contributed by atoms with van der Waals surface area (Å²) in [7, 11) is 1.52. The van der Waals surface area contributed by atoms with Crippen LogP contribution in [0.25, 0.3) is 0 Å². The Hall–Kier alpha value is -0.370. The van der Waals surface area contributed by atoms with E-state index >= 15 is 0 Å². The Morgan fingerprint density at radius 2 is 1.73 bits per heavy atom. The number of hydrogen-bond donors (Lipinski definition) is 1. The van der Waals surface area contributed by atoms with Gasteiger partial charge in [-0.15, -0.1) is 0 Å². The smallest absolute Gasteiger partial charge is 0.382 e. The zero-order chi connectivity index (χ0) is 11.7. The number of alkyl halides is 3. The van der Waals surface area contributed by atoms with Gasteiger partial charge in [0.2, 0.25) is 0 Å². The fourth-order valence-electron chi connectivity index (χ4n) is 0.751. The van der Waals surface area contributed by atoms with Crippen molar-refractivity contribution in [3.63, 3.8) is 0 Å². The second-order valence-electron chi connectivity index (χ2n) is 2.96. The Labute approximate surface area is 86.5 Å². The molecule has 15 heavy (non-hydrogen) atoms. The number of ether oxygens (including phenoxy) is 3. The minimum atomic E-state index is -4.31. The van der Waals surface area contributed by atoms with E-state index in [0.29, 0.717) is 13.2 Å². The number of methoxy groups -OCH3 is 1. The number of halogens is 3. The lowest BCUT2D eigenvalue weighted by Gasteiger charge is -2.13. The van der Waals surface area contributed by atoms with Crippen LogP contribution in [0.1, 0.15) is 0 Å². The van der Waals surface area contributed by atoms with E-state index in [2.05, 4.69) is 4.74 Å². The van der Waals surface area contributed by atoms with Crippen LogP contribution >= 0.6 is 0 Å². The molecule has 0 aromatic heterocycles. The summed E-state index contributed by atoms with van der Waals surface area (Å²) in [5, 5.41) is 0. The van der Waals surface area contributed by atoms with Gasteiger partial charge >= 0.3 is 6.18 Å². The molecule has 1 unspecified atom stereocenters. The first-order valence-electron chi connectivity index (χ1n) is 4.42. The van der Waals surface area contributed by atoms with Gasteiger partial charge in [-0.05, 0) is 0 Å². The molecule has 0 aliphatic rings. The first kappa shape index (κ1) is 14.6. The molecule has 0 saturated carbocycles. The highest BCUT2D eigenvalue weighted by Crippen LogP contribution is 2.14. The van der Waals surface area contributed by atoms with Gasteiger partial charge in [0, 0.05) is 7.11 Å². The SMILES string of the molecule is COCCOCC(N)COCC(F)(F)F. The van der Waals surface area contributed by atoms with Gasteiger partial charge in [-0.1, -0.05) is 0 Å². The van der Waals surface area contributed by atoms with Gasteiger partial charge in [0.05, 0.1) is 32.5 Å². The van der Waals surface area contributed by atoms with E-state index in [1.165, 1.54) is 7.11 Å². The average molecular weight is 231 g/mol. The molecule has 0 aliphatic carbocycles. The number of nitrogens with two attached hydrogens (primary N) is 1. The molecule has 2 N–H and O–H groups in total. The zero-order valence-electron chi connectivity index (χ0n) is 8.55. The number of rotatable bonds is 8. The Bertz CT molecular complexity index is 155. The molecule has 0 fully saturated rings. The molecule has 92 valence electrons. The van der Waals surface area contributed by atoms with Crippen LogP contribution in [0.15, 0.2) is 0 Å². The van der Waals surface area contributed by atoms with Crippen LogP contribution in [0.3, 0.4) is 0 Å². The topological polar surface area (TPSA) is 53.7 Å². The fourth-order valence-corrected chi connectivity index (χ4v) is 0.751. The molecule has 1 atom stereocenters. The molecular formula is C8H16F3NO3. The minimum absolute atomic E-state index is 0.154. The fraction of sp³-hybridized carbons (Fsp3) is 1.00. The Morgan fingerprint density at radius 3 is 2.27 bits per heavy atom. The molecule has 0 rings (SSSR count). The lowest BCUT2D eigenvalue weighted by molar-refractivity contribution is -0.175. The van der Waals surface area contributed by atoms with Crippen LogP contribution in [-0.2, 0) is 14.2 Å². The molecule has 0 aliphatic heterocycles. The third-order valence-corrected chi connectivity index (χ3v) is 1.36. The van der Waals surface area contributed by atoms with E-state index in [0.717, 1.165) is 0 Å². The molecule has 0 heterocycles. The van der Waals surface area contributed by atoms with Gasteiger partial charge in [0.1, 0.15) is 6.61 Å². The summed E-state index contributed by atoms with van der Waals surface area (Å²) in [6, 6.07) is -0.552. The number of hydrogen-bond acceptors (Lipinski definition) is 4. The molecule has 0 saturated heterocycles. The van der Waals surface area contributed by atoms with Gasteiger partial charge in [-0.25, -0.2) is 0 Å². The second-order valence-corrected chi connectivity index (χ2v) is 2.96. The van der Waals surface area contributed by atoms with Crippen molar-refractivity contribution in [1.82, 2.24) is 0 Å². The van der Waals surface area contributed by atoms with Gasteiger partial charge < -0.3 is 19.9 Å². The van der Waals surface area contributed by atoms with Crippen LogP contribution in [0.5, 0.6) is 0 Å². The predicted molar refractivity (Wildman–Crippen MR) is 47.5 cm³/mol. The van der Waals surface area contributed by atoms with Crippen molar-refractivity contribution in [3.05, 3.63) is 0 Å². The van der Waals surface area contributed by atoms with Crippen molar-refractivity contribution in [2.75, 3.05) is 40.1 Å². The van der Waals surface area contributed by atoms with Crippen molar-refractivity contribution in [2.24, 2.45) is 5.73 Å². The summed E-state index contributed by atoms with van der Waals surface area (Å²) in [5.74, 6) is 0. The minimum Gasteiger partial charge on any atom is -0.382 e. The van der Waals surface area contributed by atoms with Crippen LogP contribution in [0.4, 0.5) is 13.2 Å². The lowest BCUT2D eigenvalue weighted by Crippen LogP contribution is -2.33. The van der Waals surface area contributed by atoms with E-state index < -0.39 is 18.8 Å². The van der Waals surface area contributed by atoms with E-state index in [1.807, 2.05) is 0 Å². The predicted octanol–water partition coefficient (Wildman–Crippen LogP) is 0.556. The van der Waals surface area contributed by atoms with E-state index in [4.69, 9.17) is 15.2 Å². The quantitative estimate of drug-likeness (QED) is 0.620. The molecule has 0 bridgehead atoms. The normalized spacial score (nSPS) is 14.2. The van der Waals surface area contributed by atoms with Crippen LogP contribution in [0.2, 0.25) is 0 Å². The maximum atomic E-state index is 11.6. The molecule has 0 amide bonds. The van der Waals surface area contributed by atoms with Crippen molar-refractivity contribution in [2.45, 2.75) is 12.2 Å². The summed E-state index contributed by atoms with van der Waals surface area (Å²) in [6.07, 6.45) is -4.31. The van der Waals surface area contributed by atoms with E-state index in [-0.39, 0.29) is 13.2 Å². The van der Waals surface area contributed by atoms with Crippen molar-refractivity contribution >= 4 is 0 Å². The monoisotopic (exact) mass is 231 g/mol. The summed E-state index contributed by atoms with van der Waals surface area (Å²) < 4.78 is 49.0. The van der Waals surface area contributed by atoms with Crippen LogP contribution < -0.4 is 5.73 Å². The van der Waals surface area contributed by atoms with Gasteiger partial charge in [0.25, 0.3) is 0 Å². The second kappa shape index (κ2) is 7.86. The largest absolute Gasteiger partial charge is 0.411 e. The molecule has 0 radical (unpaired) electrons. The van der Waals surface area contributed by atoms with E-state index in [1.54, 1.807) is 0 Å². The first-order chi connectivity index (χ1) is 6.95. The molecule has 0 spiro atoms. The standard InChI is InChI=1S/C8H16F3NO3/c1-13-2-3-14-4-7(12)5-15-6-8(9,10)11/h7H,2-6,12H2,1H3. The summed E-state index contributed by atoms with van der Waals surface area (Å²) >= 11 is 0. The van der Waals surface area contributed by atoms with Crippen molar-refractivity contribution in [3.8, 4) is 0 Å². The van der Waals surface area contributed by atoms with Gasteiger partial charge in [-0.2, -0.15) is 13.2 Å². The Balaban J connectivity index is 3.29. The Kier molecular flexibility index (Phi) is 7.67. The first-order valence-corrected chi connectivity index (χ1v) is 4.42. The third-order valence-electron chi connectivity index (χ3n) is 1.36. The van der Waals surface area contributed by atoms with Gasteiger partial charge in [-0.3, -0.25) is 0 Å². The zero-order valence-corrected chi connectivity index (χ0v) is 8.55. The van der Waals surface area contributed by atoms with Crippen LogP contribution in [0, 0.1) is 0 Å². The Morgan fingerprint density at radius 1 is 1.13 bits per heavy atom. The third kappa shape index (κ3) is 11.6. The summed E-state index contributed by atoms with van der Waals surface area (Å²) in [4.78, 5) is 0. The molecule has 4 nitrogen and oxygen atoms in total. The molecule has 0 aromatic carbocycles. The molecular weight excluding hydrogens is 215 g/mol. The summed E-state index contributed by atoms with van der Waals surface area (Å²) in [6.45, 7) is -0.508. The maximum absolute atomic E-state index is 11.6. The van der Waals surface area contributed by atoms with Crippen LogP contribution in [-0.4, -0.2) is 52.4 Å². The van der Waals surface area contributed by atoms with Gasteiger partial charge in [0.15, 0.2) is 0 Å². The highest BCUT2D eigenvalue weighted by atomic mass is 19.4. The highest BCUT2D eigenvalue weighted by molar-refractivity contribution is 4.58. The van der Waals surface area contributed by atoms with Crippen molar-refractivity contribution < 1.29 is 27.4 Å².